The van der Waals surface area contributed by atoms with Crippen molar-refractivity contribution in [1.29, 1.82) is 0 Å². The smallest absolute Gasteiger partial charge is 0.119 e. The second kappa shape index (κ2) is 10.3. The molecule has 1 unspecified atom stereocenters. The van der Waals surface area contributed by atoms with E-state index < -0.39 is 0 Å². The molecule has 5 heteroatoms. The Balaban J connectivity index is 0.00000256. The van der Waals surface area contributed by atoms with Crippen LogP contribution >= 0.6 is 47.6 Å². The van der Waals surface area contributed by atoms with Gasteiger partial charge in [-0.05, 0) is 66.1 Å². The van der Waals surface area contributed by atoms with Crippen molar-refractivity contribution < 1.29 is 4.74 Å². The van der Waals surface area contributed by atoms with E-state index in [-0.39, 0.29) is 18.4 Å². The fourth-order valence-corrected chi connectivity index (χ4v) is 1.86. The third-order valence-corrected chi connectivity index (χ3v) is 3.47. The van der Waals surface area contributed by atoms with E-state index in [1.165, 1.54) is 3.57 Å². The Kier molecular flexibility index (Phi) is 10.5. The van der Waals surface area contributed by atoms with Crippen LogP contribution in [0.5, 0.6) is 5.75 Å². The highest BCUT2D eigenvalue weighted by Crippen LogP contribution is 2.14. The number of rotatable bonds is 7. The van der Waals surface area contributed by atoms with Crippen molar-refractivity contribution in [2.75, 3.05) is 12.4 Å². The molecule has 17 heavy (non-hydrogen) atoms. The van der Waals surface area contributed by atoms with Crippen molar-refractivity contribution in [1.82, 2.24) is 0 Å². The molecule has 0 aromatic heterocycles. The summed E-state index contributed by atoms with van der Waals surface area (Å²) in [6, 6.07) is 8.32. The van der Waals surface area contributed by atoms with Crippen LogP contribution in [0.2, 0.25) is 0 Å². The highest BCUT2D eigenvalue weighted by molar-refractivity contribution is 14.1. The fourth-order valence-electron chi connectivity index (χ4n) is 1.32. The lowest BCUT2D eigenvalue weighted by molar-refractivity contribution is 0.304. The molecule has 0 heterocycles. The van der Waals surface area contributed by atoms with E-state index in [0.717, 1.165) is 37.4 Å². The van der Waals surface area contributed by atoms with Crippen LogP contribution in [0.25, 0.3) is 0 Å². The van der Waals surface area contributed by atoms with Gasteiger partial charge >= 0.3 is 0 Å². The SMILES string of the molecule is Cl.NC(CS)CCCCOc1ccc(I)cc1. The lowest BCUT2D eigenvalue weighted by Crippen LogP contribution is -2.21. The van der Waals surface area contributed by atoms with E-state index in [4.69, 9.17) is 10.5 Å². The molecule has 1 atom stereocenters. The summed E-state index contributed by atoms with van der Waals surface area (Å²) in [4.78, 5) is 0. The predicted molar refractivity (Wildman–Crippen MR) is 87.6 cm³/mol. The number of nitrogens with two attached hydrogens (primary N) is 1. The van der Waals surface area contributed by atoms with Gasteiger partial charge in [0.15, 0.2) is 0 Å². The minimum Gasteiger partial charge on any atom is -0.494 e. The summed E-state index contributed by atoms with van der Waals surface area (Å²) >= 11 is 6.43. The average Bonchev–Trinajstić information content (AvgIpc) is 2.31. The van der Waals surface area contributed by atoms with Gasteiger partial charge < -0.3 is 10.5 Å². The van der Waals surface area contributed by atoms with Gasteiger partial charge in [-0.15, -0.1) is 12.4 Å². The molecule has 0 fully saturated rings. The monoisotopic (exact) mass is 387 g/mol. The van der Waals surface area contributed by atoms with Crippen molar-refractivity contribution in [3.05, 3.63) is 27.8 Å². The molecule has 0 radical (unpaired) electrons. The van der Waals surface area contributed by atoms with Crippen molar-refractivity contribution >= 4 is 47.6 Å². The normalized spacial score (nSPS) is 11.7. The van der Waals surface area contributed by atoms with E-state index in [9.17, 15) is 0 Å². The summed E-state index contributed by atoms with van der Waals surface area (Å²) in [5.41, 5.74) is 5.76. The zero-order valence-corrected chi connectivity index (χ0v) is 13.5. The maximum atomic E-state index is 5.76. The summed E-state index contributed by atoms with van der Waals surface area (Å²) in [6.07, 6.45) is 3.18. The van der Waals surface area contributed by atoms with Gasteiger partial charge in [0, 0.05) is 15.4 Å². The van der Waals surface area contributed by atoms with Gasteiger partial charge in [-0.25, -0.2) is 0 Å². The first-order valence-corrected chi connectivity index (χ1v) is 7.18. The molecule has 0 amide bonds. The van der Waals surface area contributed by atoms with Crippen molar-refractivity contribution in [2.45, 2.75) is 25.3 Å². The van der Waals surface area contributed by atoms with Crippen LogP contribution in [0, 0.1) is 3.57 Å². The summed E-state index contributed by atoms with van der Waals surface area (Å²) in [7, 11) is 0. The number of hydrogen-bond acceptors (Lipinski definition) is 3. The van der Waals surface area contributed by atoms with Gasteiger partial charge in [0.1, 0.15) is 5.75 Å². The minimum absolute atomic E-state index is 0. The Labute approximate surface area is 129 Å². The summed E-state index contributed by atoms with van der Waals surface area (Å²) < 4.78 is 6.84. The average molecular weight is 388 g/mol. The molecule has 0 saturated carbocycles. The molecule has 0 aliphatic heterocycles. The second-order valence-corrected chi connectivity index (χ2v) is 5.35. The highest BCUT2D eigenvalue weighted by Gasteiger charge is 1.99. The second-order valence-electron chi connectivity index (χ2n) is 3.74. The maximum absolute atomic E-state index is 5.76. The summed E-state index contributed by atoms with van der Waals surface area (Å²) in [5, 5.41) is 0. The van der Waals surface area contributed by atoms with E-state index >= 15 is 0 Å². The molecule has 1 rings (SSSR count). The quantitative estimate of drug-likeness (QED) is 0.426. The number of benzene rings is 1. The van der Waals surface area contributed by atoms with Crippen LogP contribution < -0.4 is 10.5 Å². The first kappa shape index (κ1) is 17.4. The largest absolute Gasteiger partial charge is 0.494 e. The van der Waals surface area contributed by atoms with Crippen LogP contribution in [0.1, 0.15) is 19.3 Å². The van der Waals surface area contributed by atoms with Crippen LogP contribution in [0.4, 0.5) is 0 Å². The summed E-state index contributed by atoms with van der Waals surface area (Å²) in [6.45, 7) is 0.764. The molecule has 1 aromatic rings. The first-order chi connectivity index (χ1) is 7.72. The van der Waals surface area contributed by atoms with Crippen LogP contribution in [0.3, 0.4) is 0 Å². The topological polar surface area (TPSA) is 35.2 Å². The highest BCUT2D eigenvalue weighted by atomic mass is 127. The number of thiol groups is 1. The standard InChI is InChI=1S/C12H18INOS.ClH/c13-10-4-6-12(7-5-10)15-8-2-1-3-11(14)9-16;/h4-7,11,16H,1-3,8-9,14H2;1H. The van der Waals surface area contributed by atoms with E-state index in [1.807, 2.05) is 24.3 Å². The Morgan fingerprint density at radius 1 is 1.24 bits per heavy atom. The molecule has 0 spiro atoms. The molecule has 0 saturated heterocycles. The molecule has 98 valence electrons. The van der Waals surface area contributed by atoms with Gasteiger partial charge in [0.05, 0.1) is 6.61 Å². The van der Waals surface area contributed by atoms with Crippen LogP contribution in [-0.2, 0) is 0 Å². The minimum atomic E-state index is 0. The molecule has 1 aromatic carbocycles. The Morgan fingerprint density at radius 3 is 2.47 bits per heavy atom. The third kappa shape index (κ3) is 8.13. The number of unbranched alkanes of at least 4 members (excludes halogenated alkanes) is 1. The van der Waals surface area contributed by atoms with Gasteiger partial charge in [-0.3, -0.25) is 0 Å². The molecule has 2 nitrogen and oxygen atoms in total. The molecule has 0 aliphatic carbocycles. The maximum Gasteiger partial charge on any atom is 0.119 e. The third-order valence-electron chi connectivity index (χ3n) is 2.29. The number of halogens is 2. The number of hydrogen-bond donors (Lipinski definition) is 2. The van der Waals surface area contributed by atoms with Crippen LogP contribution in [-0.4, -0.2) is 18.4 Å². The predicted octanol–water partition coefficient (Wildman–Crippen LogP) is 3.52. The molecule has 0 aliphatic rings. The Bertz CT molecular complexity index is 297. The van der Waals surface area contributed by atoms with Crippen molar-refractivity contribution in [3.8, 4) is 5.75 Å². The fraction of sp³-hybridized carbons (Fsp3) is 0.500. The Hall–Kier alpha value is 0.350. The summed E-state index contributed by atoms with van der Waals surface area (Å²) in [5.74, 6) is 1.71. The molecule has 2 N–H and O–H groups in total. The van der Waals surface area contributed by atoms with Gasteiger partial charge in [0.25, 0.3) is 0 Å². The Morgan fingerprint density at radius 2 is 1.88 bits per heavy atom. The van der Waals surface area contributed by atoms with Crippen LogP contribution in [0.15, 0.2) is 24.3 Å². The lowest BCUT2D eigenvalue weighted by atomic mass is 10.1. The first-order valence-electron chi connectivity index (χ1n) is 5.47. The van der Waals surface area contributed by atoms with Gasteiger partial charge in [-0.2, -0.15) is 12.6 Å². The van der Waals surface area contributed by atoms with Crippen molar-refractivity contribution in [2.24, 2.45) is 5.73 Å². The van der Waals surface area contributed by atoms with Gasteiger partial charge in [0.2, 0.25) is 0 Å². The molecular weight excluding hydrogens is 369 g/mol. The lowest BCUT2D eigenvalue weighted by Gasteiger charge is -2.08. The van der Waals surface area contributed by atoms with E-state index in [1.54, 1.807) is 0 Å². The van der Waals surface area contributed by atoms with E-state index in [2.05, 4.69) is 35.2 Å². The molecule has 0 bridgehead atoms. The zero-order chi connectivity index (χ0) is 11.8. The van der Waals surface area contributed by atoms with E-state index in [0.29, 0.717) is 0 Å². The van der Waals surface area contributed by atoms with Gasteiger partial charge in [-0.1, -0.05) is 0 Å². The number of ether oxygens (including phenoxy) is 1. The zero-order valence-electron chi connectivity index (χ0n) is 9.64. The molecular formula is C12H19ClINOS. The van der Waals surface area contributed by atoms with Crippen molar-refractivity contribution in [3.63, 3.8) is 0 Å².